The van der Waals surface area contributed by atoms with E-state index in [4.69, 9.17) is 4.74 Å². The second-order valence-corrected chi connectivity index (χ2v) is 11.6. The maximum Gasteiger partial charge on any atom is 0.260 e. The number of hydrogen-bond donors (Lipinski definition) is 2. The maximum atomic E-state index is 12.6. The summed E-state index contributed by atoms with van der Waals surface area (Å²) < 4.78 is 8.01. The van der Waals surface area contributed by atoms with Gasteiger partial charge in [-0.2, -0.15) is 0 Å². The van der Waals surface area contributed by atoms with E-state index in [0.717, 1.165) is 37.0 Å². The van der Waals surface area contributed by atoms with E-state index in [1.165, 1.54) is 28.1 Å². The van der Waals surface area contributed by atoms with Crippen LogP contribution in [0.2, 0.25) is 0 Å². The Morgan fingerprint density at radius 2 is 1.78 bits per heavy atom. The third kappa shape index (κ3) is 5.90. The first-order valence-electron chi connectivity index (χ1n) is 11.6. The quantitative estimate of drug-likeness (QED) is 0.155. The molecule has 1 heterocycles. The monoisotopic (exact) mass is 670 g/mol. The van der Waals surface area contributed by atoms with E-state index < -0.39 is 0 Å². The number of fused-ring (bicyclic) bond motifs is 1. The minimum Gasteiger partial charge on any atom is -0.487 e. The van der Waals surface area contributed by atoms with Gasteiger partial charge in [0.1, 0.15) is 12.4 Å². The van der Waals surface area contributed by atoms with Crippen LogP contribution in [-0.4, -0.2) is 11.4 Å². The first kappa shape index (κ1) is 25.2. The van der Waals surface area contributed by atoms with Crippen LogP contribution in [0.3, 0.4) is 0 Å². The van der Waals surface area contributed by atoms with Crippen molar-refractivity contribution in [2.75, 3.05) is 5.32 Å². The molecule has 0 spiro atoms. The Morgan fingerprint density at radius 1 is 1.03 bits per heavy atom. The van der Waals surface area contributed by atoms with Crippen molar-refractivity contribution in [3.63, 3.8) is 0 Å². The van der Waals surface area contributed by atoms with Crippen LogP contribution in [0.15, 0.2) is 88.2 Å². The molecule has 1 atom stereocenters. The second-order valence-electron chi connectivity index (χ2n) is 8.46. The molecule has 0 aliphatic carbocycles. The second kappa shape index (κ2) is 11.3. The number of amides is 1. The minimum atomic E-state index is -0.205. The molecule has 7 heteroatoms. The molecular weight excluding hydrogens is 647 g/mol. The average Bonchev–Trinajstić information content (AvgIpc) is 3.22. The van der Waals surface area contributed by atoms with Crippen LogP contribution in [0.4, 0.5) is 5.69 Å². The molecule has 0 unspecified atom stereocenters. The van der Waals surface area contributed by atoms with Gasteiger partial charge >= 0.3 is 0 Å². The molecule has 1 aliphatic rings. The number of rotatable bonds is 7. The van der Waals surface area contributed by atoms with Crippen molar-refractivity contribution in [1.29, 1.82) is 0 Å². The van der Waals surface area contributed by atoms with Crippen LogP contribution in [0, 0.1) is 3.57 Å². The van der Waals surface area contributed by atoms with E-state index >= 15 is 0 Å². The van der Waals surface area contributed by atoms with Crippen molar-refractivity contribution in [2.45, 2.75) is 25.4 Å². The van der Waals surface area contributed by atoms with Crippen LogP contribution in [0.5, 0.6) is 5.75 Å². The average molecular weight is 671 g/mol. The van der Waals surface area contributed by atoms with Gasteiger partial charge in [-0.15, -0.1) is 0 Å². The number of hydrogen-bond acceptors (Lipinski definition) is 4. The van der Waals surface area contributed by atoms with Crippen molar-refractivity contribution in [1.82, 2.24) is 5.32 Å². The lowest BCUT2D eigenvalue weighted by Crippen LogP contribution is -2.30. The molecule has 0 bridgehead atoms. The molecule has 1 saturated heterocycles. The van der Waals surface area contributed by atoms with Gasteiger partial charge in [0.25, 0.3) is 5.91 Å². The highest BCUT2D eigenvalue weighted by atomic mass is 127. The molecule has 1 amide bonds. The van der Waals surface area contributed by atoms with E-state index in [1.54, 1.807) is 0 Å². The molecule has 5 rings (SSSR count). The first-order valence-corrected chi connectivity index (χ1v) is 14.4. The summed E-state index contributed by atoms with van der Waals surface area (Å²) in [5.41, 5.74) is 4.12. The van der Waals surface area contributed by atoms with Crippen molar-refractivity contribution < 1.29 is 9.53 Å². The van der Waals surface area contributed by atoms with Gasteiger partial charge in [-0.25, -0.2) is 0 Å². The van der Waals surface area contributed by atoms with Gasteiger partial charge in [-0.1, -0.05) is 67.2 Å². The summed E-state index contributed by atoms with van der Waals surface area (Å²) in [6.07, 6.45) is 2.92. The number of ether oxygens (including phenoxy) is 1. The summed E-state index contributed by atoms with van der Waals surface area (Å²) in [6.45, 7) is 2.61. The maximum absolute atomic E-state index is 12.6. The third-order valence-electron chi connectivity index (χ3n) is 5.91. The molecular formula is C29H24BrIN2O2S. The largest absolute Gasteiger partial charge is 0.487 e. The zero-order valence-electron chi connectivity index (χ0n) is 19.6. The molecule has 4 nitrogen and oxygen atoms in total. The summed E-state index contributed by atoms with van der Waals surface area (Å²) in [5.74, 6) is 0.718. The molecule has 0 radical (unpaired) electrons. The summed E-state index contributed by atoms with van der Waals surface area (Å²) in [5, 5.41) is 8.79. The Balaban J connectivity index is 1.26. The number of aryl methyl sites for hydroxylation is 1. The molecule has 1 aliphatic heterocycles. The number of benzene rings is 4. The zero-order chi connectivity index (χ0) is 25.1. The predicted octanol–water partition coefficient (Wildman–Crippen LogP) is 7.95. The summed E-state index contributed by atoms with van der Waals surface area (Å²) in [7, 11) is 0. The SMILES string of the molecule is CCc1ccc(N[C@H]2NC(=O)/C(=C/c3cc(Br)c(OCc4ccc5ccccc5c4)c(I)c3)S2)cc1. The minimum absolute atomic E-state index is 0.0783. The number of halogens is 2. The van der Waals surface area contributed by atoms with Gasteiger partial charge in [0, 0.05) is 5.69 Å². The summed E-state index contributed by atoms with van der Waals surface area (Å²) >= 11 is 7.43. The van der Waals surface area contributed by atoms with E-state index in [-0.39, 0.29) is 11.4 Å². The van der Waals surface area contributed by atoms with Gasteiger partial charge in [0.05, 0.1) is 12.9 Å². The number of carbonyl (C=O) groups is 1. The van der Waals surface area contributed by atoms with Crippen LogP contribution >= 0.6 is 50.3 Å². The van der Waals surface area contributed by atoms with Gasteiger partial charge in [0.15, 0.2) is 5.50 Å². The lowest BCUT2D eigenvalue weighted by molar-refractivity contribution is -0.116. The van der Waals surface area contributed by atoms with Crippen LogP contribution in [0.25, 0.3) is 16.8 Å². The van der Waals surface area contributed by atoms with E-state index in [9.17, 15) is 4.79 Å². The molecule has 2 N–H and O–H groups in total. The van der Waals surface area contributed by atoms with Gasteiger partial charge in [-0.3, -0.25) is 4.79 Å². The van der Waals surface area contributed by atoms with Crippen LogP contribution < -0.4 is 15.4 Å². The number of thioether (sulfide) groups is 1. The molecule has 1 fully saturated rings. The van der Waals surface area contributed by atoms with Crippen molar-refractivity contribution in [2.24, 2.45) is 0 Å². The van der Waals surface area contributed by atoms with E-state index in [2.05, 4.69) is 98.5 Å². The Morgan fingerprint density at radius 3 is 2.53 bits per heavy atom. The van der Waals surface area contributed by atoms with Gasteiger partial charge in [0.2, 0.25) is 0 Å². The van der Waals surface area contributed by atoms with Crippen LogP contribution in [-0.2, 0) is 17.8 Å². The molecule has 4 aromatic carbocycles. The molecule has 0 saturated carbocycles. The number of nitrogens with one attached hydrogen (secondary N) is 2. The van der Waals surface area contributed by atoms with Crippen molar-refractivity contribution >= 4 is 78.7 Å². The fraction of sp³-hybridized carbons (Fsp3) is 0.138. The smallest absolute Gasteiger partial charge is 0.260 e. The Bertz CT molecular complexity index is 1430. The first-order chi connectivity index (χ1) is 17.5. The Labute approximate surface area is 237 Å². The summed E-state index contributed by atoms with van der Waals surface area (Å²) in [4.78, 5) is 13.3. The van der Waals surface area contributed by atoms with Gasteiger partial charge < -0.3 is 15.4 Å². The van der Waals surface area contributed by atoms with E-state index in [1.807, 2.05) is 42.5 Å². The Kier molecular flexibility index (Phi) is 7.88. The lowest BCUT2D eigenvalue weighted by atomic mass is 10.1. The van der Waals surface area contributed by atoms with Crippen molar-refractivity contribution in [3.05, 3.63) is 109 Å². The molecule has 182 valence electrons. The number of carbonyl (C=O) groups excluding carboxylic acids is 1. The number of anilines is 1. The lowest BCUT2D eigenvalue weighted by Gasteiger charge is -2.13. The fourth-order valence-electron chi connectivity index (χ4n) is 3.99. The predicted molar refractivity (Wildman–Crippen MR) is 162 cm³/mol. The molecule has 0 aromatic heterocycles. The normalized spacial score (nSPS) is 16.4. The third-order valence-corrected chi connectivity index (χ3v) is 8.33. The highest BCUT2D eigenvalue weighted by Gasteiger charge is 2.27. The molecule has 4 aromatic rings. The van der Waals surface area contributed by atoms with E-state index in [0.29, 0.717) is 11.5 Å². The van der Waals surface area contributed by atoms with Crippen LogP contribution in [0.1, 0.15) is 23.6 Å². The fourth-order valence-corrected chi connectivity index (χ4v) is 6.74. The molecule has 36 heavy (non-hydrogen) atoms. The standard InChI is InChI=1S/C29H24BrIN2O2S/c1-2-18-8-11-23(12-9-18)32-29-33-28(34)26(36-29)16-20-14-24(30)27(25(31)15-20)35-17-19-7-10-21-5-3-4-6-22(21)13-19/h3-16,29,32H,2,17H2,1H3,(H,33,34)/b26-16-/t29-/m0/s1. The van der Waals surface area contributed by atoms with Crippen molar-refractivity contribution in [3.8, 4) is 5.75 Å². The zero-order valence-corrected chi connectivity index (χ0v) is 24.1. The highest BCUT2D eigenvalue weighted by molar-refractivity contribution is 14.1. The van der Waals surface area contributed by atoms with Gasteiger partial charge in [-0.05, 0) is 109 Å². The summed E-state index contributed by atoms with van der Waals surface area (Å²) in [6, 6.07) is 27.0. The topological polar surface area (TPSA) is 50.4 Å². The Hall–Kier alpha value is -2.49. The highest BCUT2D eigenvalue weighted by Crippen LogP contribution is 2.36.